The summed E-state index contributed by atoms with van der Waals surface area (Å²) in [6, 6.07) is 17.6. The molecule has 4 rings (SSSR count). The second-order valence-electron chi connectivity index (χ2n) is 7.13. The first-order valence-corrected chi connectivity index (χ1v) is 9.97. The summed E-state index contributed by atoms with van der Waals surface area (Å²) in [6.45, 7) is 1.01. The first-order valence-electron chi connectivity index (χ1n) is 9.97. The average molecular weight is 405 g/mol. The number of para-hydroxylation sites is 1. The van der Waals surface area contributed by atoms with Crippen molar-refractivity contribution in [3.05, 3.63) is 66.1 Å². The molecule has 1 aliphatic heterocycles. The maximum Gasteiger partial charge on any atom is 0.257 e. The zero-order valence-corrected chi connectivity index (χ0v) is 16.5. The van der Waals surface area contributed by atoms with Crippen molar-refractivity contribution < 1.29 is 14.1 Å². The highest BCUT2D eigenvalue weighted by Gasteiger charge is 2.19. The van der Waals surface area contributed by atoms with E-state index in [0.717, 1.165) is 30.6 Å². The van der Waals surface area contributed by atoms with Gasteiger partial charge in [0.15, 0.2) is 0 Å². The Balaban J connectivity index is 1.22. The molecule has 8 heteroatoms. The van der Waals surface area contributed by atoms with E-state index in [1.165, 1.54) is 5.56 Å². The van der Waals surface area contributed by atoms with Gasteiger partial charge < -0.3 is 9.42 Å². The van der Waals surface area contributed by atoms with E-state index in [-0.39, 0.29) is 24.8 Å². The normalized spacial score (nSPS) is 12.9. The van der Waals surface area contributed by atoms with E-state index in [1.54, 1.807) is 0 Å². The standard InChI is InChI=1S/C22H23N5O3/c28-19(12-13-21-23-22(26-30-21)17-8-2-1-3-9-17)24-25-20(29)15-27-14-6-10-16-7-4-5-11-18(16)27/h1-5,7-9,11H,6,10,12-15H2,(H,24,28)(H,25,29). The van der Waals surface area contributed by atoms with Gasteiger partial charge >= 0.3 is 0 Å². The van der Waals surface area contributed by atoms with Gasteiger partial charge in [-0.3, -0.25) is 20.4 Å². The van der Waals surface area contributed by atoms with Crippen LogP contribution in [0.15, 0.2) is 59.1 Å². The lowest BCUT2D eigenvalue weighted by atomic mass is 10.0. The quantitative estimate of drug-likeness (QED) is 0.610. The number of amides is 2. The lowest BCUT2D eigenvalue weighted by molar-refractivity contribution is -0.128. The van der Waals surface area contributed by atoms with Crippen LogP contribution in [-0.4, -0.2) is 35.0 Å². The highest BCUT2D eigenvalue weighted by molar-refractivity contribution is 5.85. The number of carbonyl (C=O) groups is 2. The fourth-order valence-corrected chi connectivity index (χ4v) is 3.47. The summed E-state index contributed by atoms with van der Waals surface area (Å²) in [5.74, 6) is 0.285. The maximum atomic E-state index is 12.3. The number of benzene rings is 2. The number of rotatable bonds is 6. The van der Waals surface area contributed by atoms with Crippen molar-refractivity contribution in [1.29, 1.82) is 0 Å². The van der Waals surface area contributed by atoms with Gasteiger partial charge in [0, 0.05) is 30.6 Å². The molecule has 30 heavy (non-hydrogen) atoms. The van der Waals surface area contributed by atoms with Gasteiger partial charge in [-0.1, -0.05) is 53.7 Å². The van der Waals surface area contributed by atoms with Crippen molar-refractivity contribution in [2.45, 2.75) is 25.7 Å². The molecule has 0 fully saturated rings. The number of hydrogen-bond donors (Lipinski definition) is 2. The average Bonchev–Trinajstić information content (AvgIpc) is 3.26. The summed E-state index contributed by atoms with van der Waals surface area (Å²) in [5.41, 5.74) is 8.11. The van der Waals surface area contributed by atoms with Crippen LogP contribution >= 0.6 is 0 Å². The van der Waals surface area contributed by atoms with E-state index >= 15 is 0 Å². The molecule has 154 valence electrons. The number of hydrazine groups is 1. The Morgan fingerprint density at radius 2 is 1.77 bits per heavy atom. The van der Waals surface area contributed by atoms with E-state index in [9.17, 15) is 9.59 Å². The third-order valence-electron chi connectivity index (χ3n) is 4.95. The van der Waals surface area contributed by atoms with Gasteiger partial charge in [0.05, 0.1) is 6.54 Å². The molecule has 1 aliphatic rings. The fraction of sp³-hybridized carbons (Fsp3) is 0.273. The molecule has 0 saturated heterocycles. The predicted molar refractivity (Wildman–Crippen MR) is 111 cm³/mol. The molecule has 2 heterocycles. The van der Waals surface area contributed by atoms with Crippen LogP contribution in [0.1, 0.15) is 24.3 Å². The Morgan fingerprint density at radius 3 is 2.63 bits per heavy atom. The van der Waals surface area contributed by atoms with Gasteiger partial charge in [0.25, 0.3) is 5.91 Å². The Morgan fingerprint density at radius 1 is 1.00 bits per heavy atom. The zero-order chi connectivity index (χ0) is 20.8. The molecule has 8 nitrogen and oxygen atoms in total. The molecule has 2 N–H and O–H groups in total. The van der Waals surface area contributed by atoms with Crippen LogP contribution in [0.2, 0.25) is 0 Å². The van der Waals surface area contributed by atoms with Crippen molar-refractivity contribution in [1.82, 2.24) is 21.0 Å². The third kappa shape index (κ3) is 4.83. The first-order chi connectivity index (χ1) is 14.7. The molecular formula is C22H23N5O3. The molecule has 3 aromatic rings. The van der Waals surface area contributed by atoms with Crippen LogP contribution in [-0.2, 0) is 22.4 Å². The summed E-state index contributed by atoms with van der Waals surface area (Å²) >= 11 is 0. The molecule has 0 aliphatic carbocycles. The van der Waals surface area contributed by atoms with Gasteiger partial charge in [-0.05, 0) is 24.5 Å². The lowest BCUT2D eigenvalue weighted by Crippen LogP contribution is -2.47. The topological polar surface area (TPSA) is 100 Å². The molecular weight excluding hydrogens is 382 g/mol. The van der Waals surface area contributed by atoms with Crippen LogP contribution in [0.4, 0.5) is 5.69 Å². The van der Waals surface area contributed by atoms with E-state index in [1.807, 2.05) is 53.4 Å². The fourth-order valence-electron chi connectivity index (χ4n) is 3.47. The Kier molecular flexibility index (Phi) is 6.03. The first kappa shape index (κ1) is 19.6. The van der Waals surface area contributed by atoms with Crippen LogP contribution in [0, 0.1) is 0 Å². The molecule has 1 aromatic heterocycles. The monoisotopic (exact) mass is 405 g/mol. The SMILES string of the molecule is O=C(CCc1nc(-c2ccccc2)no1)NNC(=O)CN1CCCc2ccccc21. The highest BCUT2D eigenvalue weighted by atomic mass is 16.5. The number of fused-ring (bicyclic) bond motifs is 1. The van der Waals surface area contributed by atoms with Gasteiger partial charge in [-0.15, -0.1) is 0 Å². The minimum atomic E-state index is -0.318. The summed E-state index contributed by atoms with van der Waals surface area (Å²) in [5, 5.41) is 3.93. The minimum absolute atomic E-state index is 0.128. The number of carbonyl (C=O) groups excluding carboxylic acids is 2. The second kappa shape index (κ2) is 9.21. The summed E-state index contributed by atoms with van der Waals surface area (Å²) in [6.07, 6.45) is 2.45. The molecule has 0 spiro atoms. The number of anilines is 1. The van der Waals surface area contributed by atoms with Gasteiger partial charge in [-0.25, -0.2) is 0 Å². The van der Waals surface area contributed by atoms with Crippen LogP contribution < -0.4 is 15.8 Å². The lowest BCUT2D eigenvalue weighted by Gasteiger charge is -2.30. The number of hydrogen-bond acceptors (Lipinski definition) is 6. The summed E-state index contributed by atoms with van der Waals surface area (Å²) < 4.78 is 5.19. The molecule has 2 amide bonds. The van der Waals surface area contributed by atoms with E-state index in [4.69, 9.17) is 4.52 Å². The molecule has 0 unspecified atom stereocenters. The highest BCUT2D eigenvalue weighted by Crippen LogP contribution is 2.26. The Bertz CT molecular complexity index is 1020. The summed E-state index contributed by atoms with van der Waals surface area (Å²) in [4.78, 5) is 30.6. The van der Waals surface area contributed by atoms with Gasteiger partial charge in [0.1, 0.15) is 0 Å². The van der Waals surface area contributed by atoms with E-state index in [2.05, 4.69) is 27.1 Å². The number of nitrogens with one attached hydrogen (secondary N) is 2. The minimum Gasteiger partial charge on any atom is -0.362 e. The molecule has 0 radical (unpaired) electrons. The Hall–Kier alpha value is -3.68. The van der Waals surface area contributed by atoms with Crippen LogP contribution in [0.25, 0.3) is 11.4 Å². The smallest absolute Gasteiger partial charge is 0.257 e. The van der Waals surface area contributed by atoms with Crippen molar-refractivity contribution in [2.75, 3.05) is 18.0 Å². The maximum absolute atomic E-state index is 12.3. The molecule has 0 saturated carbocycles. The van der Waals surface area contributed by atoms with E-state index < -0.39 is 0 Å². The third-order valence-corrected chi connectivity index (χ3v) is 4.95. The van der Waals surface area contributed by atoms with E-state index in [0.29, 0.717) is 18.1 Å². The second-order valence-corrected chi connectivity index (χ2v) is 7.13. The molecule has 2 aromatic carbocycles. The number of aromatic nitrogens is 2. The zero-order valence-electron chi connectivity index (χ0n) is 16.5. The summed E-state index contributed by atoms with van der Waals surface area (Å²) in [7, 11) is 0. The number of nitrogens with zero attached hydrogens (tertiary/aromatic N) is 3. The van der Waals surface area contributed by atoms with Crippen molar-refractivity contribution in [3.8, 4) is 11.4 Å². The Labute approximate surface area is 174 Å². The molecule has 0 atom stereocenters. The largest absolute Gasteiger partial charge is 0.362 e. The van der Waals surface area contributed by atoms with Crippen molar-refractivity contribution in [2.24, 2.45) is 0 Å². The van der Waals surface area contributed by atoms with Gasteiger partial charge in [0.2, 0.25) is 17.6 Å². The van der Waals surface area contributed by atoms with Crippen LogP contribution in [0.3, 0.4) is 0 Å². The van der Waals surface area contributed by atoms with Crippen molar-refractivity contribution in [3.63, 3.8) is 0 Å². The number of aryl methyl sites for hydroxylation is 2. The van der Waals surface area contributed by atoms with Crippen molar-refractivity contribution >= 4 is 17.5 Å². The van der Waals surface area contributed by atoms with Gasteiger partial charge in [-0.2, -0.15) is 4.98 Å². The van der Waals surface area contributed by atoms with Crippen LogP contribution in [0.5, 0.6) is 0 Å². The molecule has 0 bridgehead atoms. The predicted octanol–water partition coefficient (Wildman–Crippen LogP) is 2.27.